The third kappa shape index (κ3) is 1.94. The van der Waals surface area contributed by atoms with Crippen LogP contribution in [0.2, 0.25) is 0 Å². The summed E-state index contributed by atoms with van der Waals surface area (Å²) in [6, 6.07) is 0. The van der Waals surface area contributed by atoms with E-state index in [0.717, 1.165) is 32.3 Å². The molecule has 1 saturated heterocycles. The second kappa shape index (κ2) is 4.59. The van der Waals surface area contributed by atoms with Gasteiger partial charge in [0.05, 0.1) is 12.7 Å². The predicted octanol–water partition coefficient (Wildman–Crippen LogP) is 4.24. The molecule has 2 spiro atoms. The van der Waals surface area contributed by atoms with Crippen LogP contribution >= 0.6 is 43.5 Å². The first-order valence-electron chi connectivity index (χ1n) is 7.37. The number of ether oxygens (including phenoxy) is 1. The molecule has 0 unspecified atom stereocenters. The van der Waals surface area contributed by atoms with Gasteiger partial charge in [-0.1, -0.05) is 45.7 Å². The summed E-state index contributed by atoms with van der Waals surface area (Å²) >= 11 is 14.3. The third-order valence-corrected chi connectivity index (χ3v) is 9.99. The average molecular weight is 431 g/mol. The Morgan fingerprint density at radius 3 is 2.30 bits per heavy atom. The first kappa shape index (κ1) is 16.0. The van der Waals surface area contributed by atoms with E-state index in [9.17, 15) is 5.11 Å². The number of halogens is 3. The number of aliphatic hydroxyl groups excluding tert-OH is 1. The van der Waals surface area contributed by atoms with Gasteiger partial charge in [-0.3, -0.25) is 0 Å². The molecular formula is C15H23Br2ClO2. The van der Waals surface area contributed by atoms with Crippen LogP contribution in [0, 0.1) is 10.8 Å². The molecule has 1 aliphatic heterocycles. The van der Waals surface area contributed by atoms with Crippen LogP contribution in [-0.4, -0.2) is 37.9 Å². The van der Waals surface area contributed by atoms with Crippen LogP contribution in [-0.2, 0) is 4.74 Å². The van der Waals surface area contributed by atoms with Gasteiger partial charge in [0.25, 0.3) is 0 Å². The van der Waals surface area contributed by atoms with E-state index in [2.05, 4.69) is 52.6 Å². The topological polar surface area (TPSA) is 32.8 Å². The minimum absolute atomic E-state index is 0.00381. The van der Waals surface area contributed by atoms with E-state index in [1.54, 1.807) is 0 Å². The molecule has 3 rings (SSSR count). The van der Waals surface area contributed by atoms with Gasteiger partial charge in [-0.05, 0) is 31.6 Å². The molecule has 1 heterocycles. The van der Waals surface area contributed by atoms with Gasteiger partial charge in [0, 0.05) is 26.4 Å². The molecule has 1 N–H and O–H groups in total. The number of hydrogen-bond acceptors (Lipinski definition) is 2. The van der Waals surface area contributed by atoms with Gasteiger partial charge in [-0.15, -0.1) is 11.6 Å². The lowest BCUT2D eigenvalue weighted by Gasteiger charge is -2.61. The molecule has 2 nitrogen and oxygen atoms in total. The minimum atomic E-state index is -0.343. The molecule has 0 amide bonds. The number of rotatable bonds is 0. The SMILES string of the molecule is CC1(C)[C@H](Br)[C@H](O)C[C@]2(CO2)[C@@]12CC[C@](C)(Br)[C@@H](Cl)C2. The summed E-state index contributed by atoms with van der Waals surface area (Å²) in [5.74, 6) is 0. The maximum Gasteiger partial charge on any atom is 0.100 e. The molecule has 3 aliphatic rings. The van der Waals surface area contributed by atoms with Gasteiger partial charge >= 0.3 is 0 Å². The second-order valence-corrected chi connectivity index (χ2v) is 11.0. The molecule has 0 bridgehead atoms. The van der Waals surface area contributed by atoms with Crippen molar-refractivity contribution in [3.8, 4) is 0 Å². The van der Waals surface area contributed by atoms with Crippen molar-refractivity contribution >= 4 is 43.5 Å². The predicted molar refractivity (Wildman–Crippen MR) is 89.1 cm³/mol. The monoisotopic (exact) mass is 428 g/mol. The summed E-state index contributed by atoms with van der Waals surface area (Å²) < 4.78 is 5.95. The number of hydrogen-bond donors (Lipinski definition) is 1. The zero-order valence-corrected chi connectivity index (χ0v) is 16.2. The van der Waals surface area contributed by atoms with Crippen LogP contribution in [0.3, 0.4) is 0 Å². The summed E-state index contributed by atoms with van der Waals surface area (Å²) in [4.78, 5) is 0.0911. The molecular weight excluding hydrogens is 407 g/mol. The van der Waals surface area contributed by atoms with Crippen molar-refractivity contribution in [2.24, 2.45) is 10.8 Å². The fourth-order valence-corrected chi connectivity index (χ4v) is 6.04. The van der Waals surface area contributed by atoms with E-state index in [1.165, 1.54) is 0 Å². The van der Waals surface area contributed by atoms with Crippen molar-refractivity contribution in [1.29, 1.82) is 0 Å². The van der Waals surface area contributed by atoms with Gasteiger partial charge in [0.1, 0.15) is 5.60 Å². The molecule has 20 heavy (non-hydrogen) atoms. The van der Waals surface area contributed by atoms with Crippen molar-refractivity contribution in [2.75, 3.05) is 6.61 Å². The Morgan fingerprint density at radius 2 is 1.80 bits per heavy atom. The molecule has 5 heteroatoms. The standard InChI is InChI=1S/C15H23Br2ClO2/c1-12(2)11(16)9(19)6-15(8-20-15)14(12)5-4-13(3,17)10(18)7-14/h9-11,19H,4-8H2,1-3H3/t9-,10+,11-,13+,14-,15+/m1/s1. The molecule has 0 aromatic rings. The highest BCUT2D eigenvalue weighted by Gasteiger charge is 2.73. The maximum atomic E-state index is 10.4. The van der Waals surface area contributed by atoms with Crippen molar-refractivity contribution in [1.82, 2.24) is 0 Å². The molecule has 3 fully saturated rings. The van der Waals surface area contributed by atoms with Crippen molar-refractivity contribution < 1.29 is 9.84 Å². The maximum absolute atomic E-state index is 10.4. The zero-order valence-electron chi connectivity index (χ0n) is 12.3. The van der Waals surface area contributed by atoms with Crippen molar-refractivity contribution in [3.63, 3.8) is 0 Å². The fourth-order valence-electron chi connectivity index (χ4n) is 4.68. The Kier molecular flexibility index (Phi) is 3.68. The Hall–Kier alpha value is 1.17. The molecule has 0 aromatic carbocycles. The lowest BCUT2D eigenvalue weighted by molar-refractivity contribution is -0.120. The Bertz CT molecular complexity index is 422. The first-order chi connectivity index (χ1) is 9.08. The van der Waals surface area contributed by atoms with Crippen LogP contribution in [0.1, 0.15) is 46.5 Å². The van der Waals surface area contributed by atoms with E-state index in [-0.39, 0.29) is 37.1 Å². The van der Waals surface area contributed by atoms with Gasteiger partial charge < -0.3 is 9.84 Å². The van der Waals surface area contributed by atoms with Crippen molar-refractivity contribution in [2.45, 2.75) is 72.7 Å². The highest BCUT2D eigenvalue weighted by molar-refractivity contribution is 9.10. The fraction of sp³-hybridized carbons (Fsp3) is 1.00. The summed E-state index contributed by atoms with van der Waals surface area (Å²) in [6.07, 6.45) is 3.47. The molecule has 116 valence electrons. The second-order valence-electron chi connectivity index (χ2n) is 7.71. The highest BCUT2D eigenvalue weighted by Crippen LogP contribution is 2.70. The number of epoxide rings is 1. The Balaban J connectivity index is 2.01. The molecule has 0 aromatic heterocycles. The lowest BCUT2D eigenvalue weighted by atomic mass is 9.46. The van der Waals surface area contributed by atoms with E-state index < -0.39 is 0 Å². The average Bonchev–Trinajstić information content (AvgIpc) is 3.11. The smallest absolute Gasteiger partial charge is 0.100 e. The summed E-state index contributed by atoms with van der Waals surface area (Å²) in [6.45, 7) is 7.49. The first-order valence-corrected chi connectivity index (χ1v) is 9.52. The van der Waals surface area contributed by atoms with Gasteiger partial charge in [0.15, 0.2) is 0 Å². The van der Waals surface area contributed by atoms with Crippen LogP contribution < -0.4 is 0 Å². The van der Waals surface area contributed by atoms with Gasteiger partial charge in [0.2, 0.25) is 0 Å². The molecule has 2 saturated carbocycles. The van der Waals surface area contributed by atoms with Crippen LogP contribution in [0.25, 0.3) is 0 Å². The van der Waals surface area contributed by atoms with Crippen LogP contribution in [0.4, 0.5) is 0 Å². The lowest BCUT2D eigenvalue weighted by Crippen LogP contribution is -2.65. The number of fused-ring (bicyclic) bond motifs is 1. The summed E-state index contributed by atoms with van der Waals surface area (Å²) in [5.41, 5.74) is -0.151. The summed E-state index contributed by atoms with van der Waals surface area (Å²) in [5, 5.41) is 10.5. The Morgan fingerprint density at radius 1 is 1.20 bits per heavy atom. The zero-order chi connectivity index (χ0) is 15.0. The Labute approximate surface area is 143 Å². The highest BCUT2D eigenvalue weighted by atomic mass is 79.9. The number of aliphatic hydroxyl groups is 1. The summed E-state index contributed by atoms with van der Waals surface area (Å²) in [7, 11) is 0. The van der Waals surface area contributed by atoms with Gasteiger partial charge in [-0.25, -0.2) is 0 Å². The van der Waals surface area contributed by atoms with E-state index in [1.807, 2.05) is 0 Å². The van der Waals surface area contributed by atoms with E-state index >= 15 is 0 Å². The number of alkyl halides is 3. The third-order valence-electron chi connectivity index (χ3n) is 6.39. The largest absolute Gasteiger partial charge is 0.392 e. The van der Waals surface area contributed by atoms with Crippen LogP contribution in [0.5, 0.6) is 0 Å². The molecule has 2 aliphatic carbocycles. The van der Waals surface area contributed by atoms with Crippen LogP contribution in [0.15, 0.2) is 0 Å². The minimum Gasteiger partial charge on any atom is -0.392 e. The van der Waals surface area contributed by atoms with Gasteiger partial charge in [-0.2, -0.15) is 0 Å². The van der Waals surface area contributed by atoms with Crippen molar-refractivity contribution in [3.05, 3.63) is 0 Å². The van der Waals surface area contributed by atoms with E-state index in [0.29, 0.717) is 0 Å². The normalized spacial score (nSPS) is 58.0. The quantitative estimate of drug-likeness (QED) is 0.461. The molecule has 6 atom stereocenters. The molecule has 0 radical (unpaired) electrons. The van der Waals surface area contributed by atoms with E-state index in [4.69, 9.17) is 16.3 Å².